The zero-order chi connectivity index (χ0) is 79.2. The lowest BCUT2D eigenvalue weighted by atomic mass is 9.67. The molecule has 0 radical (unpaired) electrons. The van der Waals surface area contributed by atoms with Gasteiger partial charge < -0.3 is 4.57 Å². The first-order valence-corrected chi connectivity index (χ1v) is 41.3. The third-order valence-corrected chi connectivity index (χ3v) is 24.9. The number of fused-ring (bicyclic) bond motifs is 11. The molecule has 17 aromatic carbocycles. The van der Waals surface area contributed by atoms with E-state index in [4.69, 9.17) is 16.5 Å². The van der Waals surface area contributed by atoms with Crippen molar-refractivity contribution in [1.29, 1.82) is 0 Å². The number of aromatic nitrogens is 6. The third-order valence-electron chi connectivity index (χ3n) is 24.9. The van der Waals surface area contributed by atoms with Crippen LogP contribution in [-0.4, -0.2) is 27.9 Å². The molecule has 119 heavy (non-hydrogen) atoms. The summed E-state index contributed by atoms with van der Waals surface area (Å²) in [7, 11) is 0. The molecule has 0 aliphatic heterocycles. The Morgan fingerprint density at radius 1 is 0.244 bits per heavy atom. The molecule has 0 N–H and O–H groups in total. The van der Waals surface area contributed by atoms with Gasteiger partial charge in [-0.3, -0.25) is 13.4 Å². The van der Waals surface area contributed by atoms with Gasteiger partial charge in [0.05, 0.1) is 50.2 Å². The summed E-state index contributed by atoms with van der Waals surface area (Å²) in [5, 5.41) is 2.08. The minimum atomic E-state index is -0.528. The highest BCUT2D eigenvalue weighted by Gasteiger charge is 2.42. The second-order valence-corrected chi connectivity index (χ2v) is 31.5. The van der Waals surface area contributed by atoms with E-state index in [1.165, 1.54) is 5.57 Å². The lowest BCUT2D eigenvalue weighted by Gasteiger charge is -2.39. The van der Waals surface area contributed by atoms with Crippen molar-refractivity contribution < 1.29 is 0 Å². The van der Waals surface area contributed by atoms with Crippen LogP contribution in [0.15, 0.2) is 431 Å². The predicted octanol–water partition coefficient (Wildman–Crippen LogP) is 27.3. The van der Waals surface area contributed by atoms with E-state index in [2.05, 4.69) is 450 Å². The summed E-state index contributed by atoms with van der Waals surface area (Å²) in [4.78, 5) is 11.6. The Bertz CT molecular complexity index is 7430. The average Bonchev–Trinajstić information content (AvgIpc) is 1.59. The van der Waals surface area contributed by atoms with Crippen molar-refractivity contribution in [3.05, 3.63) is 452 Å². The van der Waals surface area contributed by atoms with Crippen LogP contribution < -0.4 is 10.4 Å². The molecule has 6 heteroatoms. The molecule has 562 valence electrons. The first-order valence-electron chi connectivity index (χ1n) is 41.3. The number of imidazole rings is 4. The molecule has 1 aliphatic rings. The van der Waals surface area contributed by atoms with E-state index in [9.17, 15) is 0 Å². The van der Waals surface area contributed by atoms with Gasteiger partial charge in [0.1, 0.15) is 0 Å². The van der Waals surface area contributed by atoms with E-state index < -0.39 is 6.04 Å². The first-order chi connectivity index (χ1) is 58.9. The van der Waals surface area contributed by atoms with Gasteiger partial charge in [-0.05, 0) is 222 Å². The lowest BCUT2D eigenvalue weighted by Crippen LogP contribution is -2.39. The van der Waals surface area contributed by atoms with Crippen molar-refractivity contribution in [3.8, 4) is 117 Å². The largest absolute Gasteiger partial charge is 0.302 e. The van der Waals surface area contributed by atoms with E-state index >= 15 is 0 Å². The fourth-order valence-corrected chi connectivity index (χ4v) is 19.8. The average molecular weight is 1520 g/mol. The molecular formula is C113H80N6. The summed E-state index contributed by atoms with van der Waals surface area (Å²) in [5.74, 6) is 1.04. The Labute approximate surface area is 691 Å². The maximum atomic E-state index is 5.95. The van der Waals surface area contributed by atoms with Crippen molar-refractivity contribution in [2.24, 2.45) is 11.8 Å². The molecule has 22 rings (SSSR count). The van der Waals surface area contributed by atoms with Gasteiger partial charge in [0.15, 0.2) is 0 Å². The number of para-hydroxylation sites is 8. The van der Waals surface area contributed by atoms with Gasteiger partial charge in [-0.25, -0.2) is 9.97 Å². The molecule has 4 heterocycles. The molecule has 1 aliphatic carbocycles. The van der Waals surface area contributed by atoms with Crippen molar-refractivity contribution >= 4 is 66.8 Å². The Morgan fingerprint density at radius 2 is 0.513 bits per heavy atom. The molecule has 0 spiro atoms. The normalized spacial score (nSPS) is 15.3. The summed E-state index contributed by atoms with van der Waals surface area (Å²) < 4.78 is 9.77. The number of benzene rings is 17. The van der Waals surface area contributed by atoms with E-state index in [1.807, 2.05) is 0 Å². The number of nitrogens with zero attached hydrogens (tertiary/aromatic N) is 6. The first kappa shape index (κ1) is 70.4. The molecular weight excluding hydrogens is 1440 g/mol. The summed E-state index contributed by atoms with van der Waals surface area (Å²) in [6.07, 6.45) is 0. The quantitative estimate of drug-likeness (QED) is 0.109. The van der Waals surface area contributed by atoms with Crippen molar-refractivity contribution in [1.82, 2.24) is 27.9 Å². The molecule has 4 aromatic heterocycles. The Morgan fingerprint density at radius 3 is 0.866 bits per heavy atom. The van der Waals surface area contributed by atoms with E-state index in [0.717, 1.165) is 205 Å². The maximum absolute atomic E-state index is 5.95. The van der Waals surface area contributed by atoms with Gasteiger partial charge in [-0.15, -0.1) is 0 Å². The Kier molecular flexibility index (Phi) is 17.3. The van der Waals surface area contributed by atoms with Crippen LogP contribution >= 0.6 is 0 Å². The SMILES string of the molecule is C=C1/C(c2c(-c3ccccc3)c(-c3ccccc3)c(-c3ccccc3)c(-c3ccccc3)c2-c2ccccc2)=c2/ccc(-n3c4ccccc4n4c5ccccc5nc34)c/c2=C(\c2c(-c3ccccc3)c(-c3ccccc3)c(-c3ccccc3)c(-c3ccccc3)c2-c2ccccc2)[C@@H](C)[C@@H](C)C1n1c2ccccc2n2c3ccccc3nc12. The molecule has 21 aromatic rings. The zero-order valence-electron chi connectivity index (χ0n) is 66.0. The highest BCUT2D eigenvalue weighted by Crippen LogP contribution is 2.60. The smallest absolute Gasteiger partial charge is 0.220 e. The maximum Gasteiger partial charge on any atom is 0.220 e. The van der Waals surface area contributed by atoms with Crippen molar-refractivity contribution in [3.63, 3.8) is 0 Å². The second kappa shape index (κ2) is 29.2. The number of rotatable bonds is 14. The molecule has 3 atom stereocenters. The van der Waals surface area contributed by atoms with Crippen LogP contribution in [0, 0.1) is 11.8 Å². The topological polar surface area (TPSA) is 44.5 Å². The van der Waals surface area contributed by atoms with Crippen LogP contribution in [-0.2, 0) is 0 Å². The van der Waals surface area contributed by atoms with Gasteiger partial charge in [-0.1, -0.05) is 378 Å². The fraction of sp³-hybridized carbons (Fsp3) is 0.0442. The minimum Gasteiger partial charge on any atom is -0.302 e. The van der Waals surface area contributed by atoms with E-state index in [-0.39, 0.29) is 11.8 Å². The molecule has 0 saturated heterocycles. The lowest BCUT2D eigenvalue weighted by molar-refractivity contribution is 0.355. The van der Waals surface area contributed by atoms with E-state index in [1.54, 1.807) is 0 Å². The van der Waals surface area contributed by atoms with Crippen LogP contribution in [0.5, 0.6) is 0 Å². The molecule has 6 nitrogen and oxygen atoms in total. The summed E-state index contributed by atoms with van der Waals surface area (Å²) in [5.41, 5.74) is 36.4. The summed E-state index contributed by atoms with van der Waals surface area (Å²) in [6, 6.07) is 154. The standard InChI is InChI=1S/C113H80N6/c1-73-74(2)111(119-96-69-41-40-68-95(96)118-92-65-37-35-63-90(92)115-113(118)119)75(3)98(110-107(84-58-30-12-31-59-84)103(80-50-22-8-23-51-80)100(77-44-16-5-17-45-77)104(81-52-24-9-25-53-81)108(110)85-60-32-13-33-61-85)87-71-70-86(116-93-66-38-39-67-94(93)117-91-64-36-34-62-89(91)114-112(116)117)72-88(87)97(73)109-105(82-54-26-10-27-55-82)101(78-46-18-6-19-47-78)99(76-42-14-4-15-43-76)102(79-48-20-7-21-49-79)106(109)83-56-28-11-29-57-83/h4-74,111H,3H2,1-2H3/b97-88+,98-87+/t73-,74+,111?/m0/s1. The van der Waals surface area contributed by atoms with Crippen LogP contribution in [0.4, 0.5) is 0 Å². The van der Waals surface area contributed by atoms with Crippen molar-refractivity contribution in [2.75, 3.05) is 0 Å². The van der Waals surface area contributed by atoms with Gasteiger partial charge in [-0.2, -0.15) is 0 Å². The highest BCUT2D eigenvalue weighted by molar-refractivity contribution is 6.16. The van der Waals surface area contributed by atoms with Crippen LogP contribution in [0.3, 0.4) is 0 Å². The molecule has 0 amide bonds. The van der Waals surface area contributed by atoms with Gasteiger partial charge in [0.2, 0.25) is 11.6 Å². The number of allylic oxidation sites excluding steroid dienone is 1. The van der Waals surface area contributed by atoms with Crippen LogP contribution in [0.2, 0.25) is 0 Å². The fourth-order valence-electron chi connectivity index (χ4n) is 19.8. The molecule has 1 unspecified atom stereocenters. The van der Waals surface area contributed by atoms with Crippen LogP contribution in [0.1, 0.15) is 31.0 Å². The number of hydrogen-bond acceptors (Lipinski definition) is 2. The summed E-state index contributed by atoms with van der Waals surface area (Å²) >= 11 is 0. The minimum absolute atomic E-state index is 0.298. The van der Waals surface area contributed by atoms with E-state index in [0.29, 0.717) is 0 Å². The predicted molar refractivity (Wildman–Crippen MR) is 496 cm³/mol. The molecule has 0 fully saturated rings. The van der Waals surface area contributed by atoms with Gasteiger partial charge in [0, 0.05) is 5.69 Å². The Hall–Kier alpha value is -15.2. The zero-order valence-corrected chi connectivity index (χ0v) is 66.0. The highest BCUT2D eigenvalue weighted by atomic mass is 15.2. The van der Waals surface area contributed by atoms with Crippen LogP contribution in [0.25, 0.3) is 184 Å². The second-order valence-electron chi connectivity index (χ2n) is 31.5. The van der Waals surface area contributed by atoms with Gasteiger partial charge >= 0.3 is 0 Å². The summed E-state index contributed by atoms with van der Waals surface area (Å²) in [6.45, 7) is 11.0. The molecule has 0 bridgehead atoms. The monoisotopic (exact) mass is 1520 g/mol. The van der Waals surface area contributed by atoms with Crippen molar-refractivity contribution in [2.45, 2.75) is 19.9 Å². The van der Waals surface area contributed by atoms with Gasteiger partial charge in [0.25, 0.3) is 0 Å². The number of hydrogen-bond donors (Lipinski definition) is 0. The Balaban J connectivity index is 1.07. The molecule has 0 saturated carbocycles. The third kappa shape index (κ3) is 11.5.